The van der Waals surface area contributed by atoms with E-state index >= 15 is 0 Å². The van der Waals surface area contributed by atoms with E-state index in [9.17, 15) is 0 Å². The van der Waals surface area contributed by atoms with E-state index in [4.69, 9.17) is 11.6 Å². The maximum atomic E-state index is 5.64. The summed E-state index contributed by atoms with van der Waals surface area (Å²) in [7, 11) is 0. The number of rotatable bonds is 8. The first kappa shape index (κ1) is 13.0. The molecule has 0 N–H and O–H groups in total. The first-order chi connectivity index (χ1) is 5.81. The minimum Gasteiger partial charge on any atom is -0.162 e. The molecule has 0 radical (unpaired) electrons. The molecule has 74 valence electrons. The quantitative estimate of drug-likeness (QED) is 0.455. The van der Waals surface area contributed by atoms with Crippen LogP contribution in [0.15, 0.2) is 0 Å². The summed E-state index contributed by atoms with van der Waals surface area (Å²) in [6.45, 7) is 4.48. The number of thioether (sulfide) groups is 2. The first-order valence-corrected chi connectivity index (χ1v) is 7.30. The van der Waals surface area contributed by atoms with Gasteiger partial charge in [0.1, 0.15) is 0 Å². The van der Waals surface area contributed by atoms with Crippen molar-refractivity contribution < 1.29 is 0 Å². The van der Waals surface area contributed by atoms with Crippen molar-refractivity contribution in [1.29, 1.82) is 0 Å². The Hall–Kier alpha value is 0.990. The summed E-state index contributed by atoms with van der Waals surface area (Å²) in [5.74, 6) is 4.67. The Labute approximate surface area is 90.2 Å². The van der Waals surface area contributed by atoms with Gasteiger partial charge >= 0.3 is 0 Å². The summed E-state index contributed by atoms with van der Waals surface area (Å²) in [5, 5.41) is 0.745. The van der Waals surface area contributed by atoms with Crippen molar-refractivity contribution in [2.75, 3.05) is 23.1 Å². The van der Waals surface area contributed by atoms with Gasteiger partial charge in [0, 0.05) is 11.1 Å². The molecule has 0 aromatic heterocycles. The number of hydrogen-bond acceptors (Lipinski definition) is 2. The molecule has 0 heterocycles. The van der Waals surface area contributed by atoms with E-state index in [1.54, 1.807) is 0 Å². The lowest BCUT2D eigenvalue weighted by Gasteiger charge is -2.08. The zero-order valence-electron chi connectivity index (χ0n) is 8.01. The van der Waals surface area contributed by atoms with E-state index in [0.717, 1.165) is 17.6 Å². The second-order valence-corrected chi connectivity index (χ2v) is 6.03. The Kier molecular flexibility index (Phi) is 10.9. The Bertz CT molecular complexity index is 88.6. The van der Waals surface area contributed by atoms with Crippen molar-refractivity contribution in [2.45, 2.75) is 31.9 Å². The van der Waals surface area contributed by atoms with Crippen molar-refractivity contribution in [3.63, 3.8) is 0 Å². The molecule has 0 saturated heterocycles. The molecule has 0 spiro atoms. The second-order valence-electron chi connectivity index (χ2n) is 2.71. The monoisotopic (exact) mass is 226 g/mol. The lowest BCUT2D eigenvalue weighted by atomic mass is 10.4. The summed E-state index contributed by atoms with van der Waals surface area (Å²) in [6.07, 6.45) is 2.49. The molecule has 0 rings (SSSR count). The van der Waals surface area contributed by atoms with E-state index < -0.39 is 0 Å². The van der Waals surface area contributed by atoms with Crippen molar-refractivity contribution in [3.05, 3.63) is 0 Å². The molecule has 0 nitrogen and oxygen atoms in total. The molecular weight excluding hydrogens is 208 g/mol. The maximum Gasteiger partial charge on any atom is 0.0233 e. The fraction of sp³-hybridized carbons (Fsp3) is 1.00. The Balaban J connectivity index is 2.97. The van der Waals surface area contributed by atoms with Gasteiger partial charge in [-0.1, -0.05) is 13.8 Å². The lowest BCUT2D eigenvalue weighted by Crippen LogP contribution is -1.98. The van der Waals surface area contributed by atoms with E-state index in [-0.39, 0.29) is 0 Å². The van der Waals surface area contributed by atoms with E-state index in [2.05, 4.69) is 25.6 Å². The van der Waals surface area contributed by atoms with Crippen LogP contribution >= 0.6 is 35.1 Å². The number of hydrogen-bond donors (Lipinski definition) is 0. The third-order valence-electron chi connectivity index (χ3n) is 1.56. The van der Waals surface area contributed by atoms with Crippen molar-refractivity contribution >= 4 is 35.1 Å². The molecule has 0 amide bonds. The minimum absolute atomic E-state index is 0.745. The molecule has 0 fully saturated rings. The van der Waals surface area contributed by atoms with Crippen molar-refractivity contribution in [1.82, 2.24) is 0 Å². The highest BCUT2D eigenvalue weighted by molar-refractivity contribution is 8.00. The molecule has 12 heavy (non-hydrogen) atoms. The molecule has 1 atom stereocenters. The molecule has 0 aliphatic rings. The van der Waals surface area contributed by atoms with Crippen LogP contribution in [-0.4, -0.2) is 28.4 Å². The number of alkyl halides is 1. The van der Waals surface area contributed by atoms with Gasteiger partial charge in [-0.05, 0) is 30.1 Å². The molecule has 3 heteroatoms. The summed E-state index contributed by atoms with van der Waals surface area (Å²) >= 11 is 9.73. The van der Waals surface area contributed by atoms with Crippen LogP contribution in [0, 0.1) is 0 Å². The van der Waals surface area contributed by atoms with Gasteiger partial charge in [-0.25, -0.2) is 0 Å². The summed E-state index contributed by atoms with van der Waals surface area (Å²) in [6, 6.07) is 0. The molecule has 0 aromatic carbocycles. The summed E-state index contributed by atoms with van der Waals surface area (Å²) in [5.41, 5.74) is 0. The van der Waals surface area contributed by atoms with E-state index in [1.807, 2.05) is 11.8 Å². The van der Waals surface area contributed by atoms with Crippen molar-refractivity contribution in [3.8, 4) is 0 Å². The van der Waals surface area contributed by atoms with Gasteiger partial charge in [0.2, 0.25) is 0 Å². The van der Waals surface area contributed by atoms with E-state index in [0.29, 0.717) is 0 Å². The fourth-order valence-electron chi connectivity index (χ4n) is 0.827. The molecule has 1 unspecified atom stereocenters. The van der Waals surface area contributed by atoms with Gasteiger partial charge in [-0.2, -0.15) is 23.5 Å². The maximum absolute atomic E-state index is 5.64. The smallest absolute Gasteiger partial charge is 0.0233 e. The Morgan fingerprint density at radius 3 is 2.67 bits per heavy atom. The van der Waals surface area contributed by atoms with Crippen molar-refractivity contribution in [2.24, 2.45) is 0 Å². The van der Waals surface area contributed by atoms with Crippen LogP contribution in [-0.2, 0) is 0 Å². The molecule has 0 aliphatic heterocycles. The normalized spacial score (nSPS) is 13.2. The van der Waals surface area contributed by atoms with Gasteiger partial charge in [0.25, 0.3) is 0 Å². The van der Waals surface area contributed by atoms with E-state index in [1.165, 1.54) is 23.7 Å². The highest BCUT2D eigenvalue weighted by Gasteiger charge is 2.00. The molecule has 0 saturated carbocycles. The Morgan fingerprint density at radius 2 is 2.08 bits per heavy atom. The van der Waals surface area contributed by atoms with Gasteiger partial charge < -0.3 is 0 Å². The highest BCUT2D eigenvalue weighted by atomic mass is 35.5. The zero-order valence-corrected chi connectivity index (χ0v) is 10.4. The molecular formula is C9H19ClS2. The highest BCUT2D eigenvalue weighted by Crippen LogP contribution is 2.16. The molecule has 0 aromatic rings. The SMILES string of the molecule is CCSCCCSC(C)CCCl. The predicted molar refractivity (Wildman–Crippen MR) is 64.9 cm³/mol. The standard InChI is InChI=1S/C9H19ClS2/c1-3-11-7-4-8-12-9(2)5-6-10/h9H,3-8H2,1-2H3. The lowest BCUT2D eigenvalue weighted by molar-refractivity contribution is 0.909. The first-order valence-electron chi connectivity index (χ1n) is 4.56. The largest absolute Gasteiger partial charge is 0.162 e. The van der Waals surface area contributed by atoms with Crippen LogP contribution in [0.25, 0.3) is 0 Å². The van der Waals surface area contributed by atoms with Crippen LogP contribution < -0.4 is 0 Å². The topological polar surface area (TPSA) is 0 Å². The summed E-state index contributed by atoms with van der Waals surface area (Å²) in [4.78, 5) is 0. The average molecular weight is 227 g/mol. The average Bonchev–Trinajstić information content (AvgIpc) is 2.05. The van der Waals surface area contributed by atoms with Crippen LogP contribution in [0.2, 0.25) is 0 Å². The molecule has 0 aliphatic carbocycles. The van der Waals surface area contributed by atoms with Gasteiger partial charge in [-0.15, -0.1) is 11.6 Å². The zero-order chi connectivity index (χ0) is 9.23. The van der Waals surface area contributed by atoms with Crippen LogP contribution in [0.5, 0.6) is 0 Å². The van der Waals surface area contributed by atoms with Crippen LogP contribution in [0.4, 0.5) is 0 Å². The van der Waals surface area contributed by atoms with Gasteiger partial charge in [0.05, 0.1) is 0 Å². The van der Waals surface area contributed by atoms with Crippen LogP contribution in [0.1, 0.15) is 26.7 Å². The van der Waals surface area contributed by atoms with Crippen LogP contribution in [0.3, 0.4) is 0 Å². The third kappa shape index (κ3) is 9.08. The second kappa shape index (κ2) is 10.1. The predicted octanol–water partition coefficient (Wildman–Crippen LogP) is 3.88. The van der Waals surface area contributed by atoms with Gasteiger partial charge in [-0.3, -0.25) is 0 Å². The fourth-order valence-corrected chi connectivity index (χ4v) is 3.10. The minimum atomic E-state index is 0.745. The Morgan fingerprint density at radius 1 is 1.33 bits per heavy atom. The molecule has 0 bridgehead atoms. The third-order valence-corrected chi connectivity index (χ3v) is 4.09. The number of halogens is 1. The van der Waals surface area contributed by atoms with Gasteiger partial charge in [0.15, 0.2) is 0 Å². The summed E-state index contributed by atoms with van der Waals surface area (Å²) < 4.78 is 0.